The van der Waals surface area contributed by atoms with Gasteiger partial charge in [0, 0.05) is 19.5 Å². The first-order valence-corrected chi connectivity index (χ1v) is 6.26. The summed E-state index contributed by atoms with van der Waals surface area (Å²) in [4.78, 5) is 19.2. The van der Waals surface area contributed by atoms with Gasteiger partial charge in [-0.1, -0.05) is 6.92 Å². The molecule has 4 N–H and O–H groups in total. The molecule has 1 aromatic rings. The average Bonchev–Trinajstić information content (AvgIpc) is 2.83. The zero-order valence-corrected chi connectivity index (χ0v) is 10.8. The molecule has 1 aromatic heterocycles. The van der Waals surface area contributed by atoms with Gasteiger partial charge in [-0.15, -0.1) is 0 Å². The summed E-state index contributed by atoms with van der Waals surface area (Å²) in [5.41, 5.74) is 1.14. The standard InChI is InChI=1S/C12H20N4O2/c1-3-12(2,18)6-14-11(17)9-4-8-10(5-13-9)16-7-15-8/h7,9,13,18H,3-6H2,1-2H3,(H,14,17)(H,15,16). The van der Waals surface area contributed by atoms with E-state index in [1.165, 1.54) is 0 Å². The molecule has 6 heteroatoms. The number of nitrogens with one attached hydrogen (secondary N) is 3. The predicted octanol–water partition coefficient (Wildman–Crippen LogP) is -0.299. The molecule has 100 valence electrons. The van der Waals surface area contributed by atoms with Crippen LogP contribution >= 0.6 is 0 Å². The summed E-state index contributed by atoms with van der Waals surface area (Å²) in [6.45, 7) is 4.50. The molecular formula is C12H20N4O2. The Morgan fingerprint density at radius 1 is 1.72 bits per heavy atom. The highest BCUT2D eigenvalue weighted by atomic mass is 16.3. The Balaban J connectivity index is 1.88. The number of carbonyl (C=O) groups is 1. The van der Waals surface area contributed by atoms with E-state index in [0.717, 1.165) is 11.4 Å². The van der Waals surface area contributed by atoms with Crippen molar-refractivity contribution in [2.75, 3.05) is 6.54 Å². The third kappa shape index (κ3) is 2.88. The van der Waals surface area contributed by atoms with Crippen LogP contribution in [0.15, 0.2) is 6.33 Å². The van der Waals surface area contributed by atoms with Gasteiger partial charge in [0.05, 0.1) is 29.4 Å². The van der Waals surface area contributed by atoms with Gasteiger partial charge < -0.3 is 15.4 Å². The van der Waals surface area contributed by atoms with E-state index >= 15 is 0 Å². The summed E-state index contributed by atoms with van der Waals surface area (Å²) < 4.78 is 0. The largest absolute Gasteiger partial charge is 0.388 e. The first-order valence-electron chi connectivity index (χ1n) is 6.26. The molecule has 6 nitrogen and oxygen atoms in total. The molecule has 18 heavy (non-hydrogen) atoms. The number of aliphatic hydroxyl groups is 1. The molecule has 1 amide bonds. The fraction of sp³-hybridized carbons (Fsp3) is 0.667. The molecule has 0 bridgehead atoms. The maximum atomic E-state index is 12.0. The molecule has 2 unspecified atom stereocenters. The fourth-order valence-electron chi connectivity index (χ4n) is 1.88. The predicted molar refractivity (Wildman–Crippen MR) is 66.8 cm³/mol. The molecule has 1 aliphatic rings. The molecular weight excluding hydrogens is 232 g/mol. The minimum Gasteiger partial charge on any atom is -0.388 e. The molecule has 0 fully saturated rings. The lowest BCUT2D eigenvalue weighted by molar-refractivity contribution is -0.124. The Bertz CT molecular complexity index is 427. The summed E-state index contributed by atoms with van der Waals surface area (Å²) in [7, 11) is 0. The van der Waals surface area contributed by atoms with E-state index in [4.69, 9.17) is 0 Å². The fourth-order valence-corrected chi connectivity index (χ4v) is 1.88. The number of rotatable bonds is 4. The van der Waals surface area contributed by atoms with Crippen LogP contribution in [-0.2, 0) is 17.8 Å². The highest BCUT2D eigenvalue weighted by Gasteiger charge is 2.27. The molecule has 0 spiro atoms. The van der Waals surface area contributed by atoms with E-state index in [0.29, 0.717) is 19.4 Å². The maximum Gasteiger partial charge on any atom is 0.237 e. The monoisotopic (exact) mass is 252 g/mol. The second-order valence-corrected chi connectivity index (χ2v) is 5.03. The molecule has 0 saturated carbocycles. The van der Waals surface area contributed by atoms with E-state index < -0.39 is 5.60 Å². The molecule has 2 rings (SSSR count). The van der Waals surface area contributed by atoms with E-state index in [2.05, 4.69) is 20.6 Å². The van der Waals surface area contributed by atoms with Crippen molar-refractivity contribution in [3.8, 4) is 0 Å². The SMILES string of the molecule is CCC(C)(O)CNC(=O)C1Cc2nc[nH]c2CN1. The lowest BCUT2D eigenvalue weighted by atomic mass is 10.0. The van der Waals surface area contributed by atoms with Crippen LogP contribution in [0.5, 0.6) is 0 Å². The zero-order chi connectivity index (χ0) is 13.2. The summed E-state index contributed by atoms with van der Waals surface area (Å²) in [5, 5.41) is 15.8. The van der Waals surface area contributed by atoms with Crippen molar-refractivity contribution < 1.29 is 9.90 Å². The third-order valence-electron chi connectivity index (χ3n) is 3.45. The quantitative estimate of drug-likeness (QED) is 0.592. The number of amides is 1. The Hall–Kier alpha value is -1.40. The van der Waals surface area contributed by atoms with Gasteiger partial charge in [0.15, 0.2) is 0 Å². The Kier molecular flexibility index (Phi) is 3.68. The van der Waals surface area contributed by atoms with E-state index in [9.17, 15) is 9.90 Å². The van der Waals surface area contributed by atoms with Gasteiger partial charge in [-0.3, -0.25) is 10.1 Å². The van der Waals surface area contributed by atoms with Crippen LogP contribution in [0, 0.1) is 0 Å². The number of aromatic nitrogens is 2. The van der Waals surface area contributed by atoms with Gasteiger partial charge in [0.2, 0.25) is 5.91 Å². The molecule has 1 aliphatic heterocycles. The maximum absolute atomic E-state index is 12.0. The first-order chi connectivity index (χ1) is 8.52. The Morgan fingerprint density at radius 3 is 3.22 bits per heavy atom. The summed E-state index contributed by atoms with van der Waals surface area (Å²) in [6, 6.07) is -0.270. The highest BCUT2D eigenvalue weighted by Crippen LogP contribution is 2.12. The zero-order valence-electron chi connectivity index (χ0n) is 10.8. The topological polar surface area (TPSA) is 90.0 Å². The number of nitrogens with zero attached hydrogens (tertiary/aromatic N) is 1. The van der Waals surface area contributed by atoms with Crippen LogP contribution in [0.4, 0.5) is 0 Å². The van der Waals surface area contributed by atoms with Crippen molar-refractivity contribution in [1.82, 2.24) is 20.6 Å². The number of hydrogen-bond acceptors (Lipinski definition) is 4. The van der Waals surface area contributed by atoms with E-state index in [1.54, 1.807) is 13.3 Å². The van der Waals surface area contributed by atoms with Crippen molar-refractivity contribution in [3.63, 3.8) is 0 Å². The molecule has 2 heterocycles. The van der Waals surface area contributed by atoms with Gasteiger partial charge in [-0.2, -0.15) is 0 Å². The number of H-pyrrole nitrogens is 1. The molecule has 0 radical (unpaired) electrons. The van der Waals surface area contributed by atoms with Crippen molar-refractivity contribution >= 4 is 5.91 Å². The van der Waals surface area contributed by atoms with Crippen molar-refractivity contribution in [2.45, 2.75) is 44.9 Å². The molecule has 0 aliphatic carbocycles. The number of imidazole rings is 1. The normalized spacial score (nSPS) is 22.1. The lowest BCUT2D eigenvalue weighted by Crippen LogP contribution is -2.51. The van der Waals surface area contributed by atoms with E-state index in [1.807, 2.05) is 6.92 Å². The second kappa shape index (κ2) is 5.07. The highest BCUT2D eigenvalue weighted by molar-refractivity contribution is 5.82. The second-order valence-electron chi connectivity index (χ2n) is 5.03. The molecule has 0 saturated heterocycles. The minimum atomic E-state index is -0.845. The number of carbonyl (C=O) groups excluding carboxylic acids is 1. The van der Waals surface area contributed by atoms with Crippen LogP contribution in [-0.4, -0.2) is 39.2 Å². The number of fused-ring (bicyclic) bond motifs is 1. The van der Waals surface area contributed by atoms with Gasteiger partial charge in [0.25, 0.3) is 0 Å². The molecule has 0 aromatic carbocycles. The van der Waals surface area contributed by atoms with Crippen LogP contribution in [0.3, 0.4) is 0 Å². The van der Waals surface area contributed by atoms with Crippen LogP contribution < -0.4 is 10.6 Å². The number of hydrogen-bond donors (Lipinski definition) is 4. The van der Waals surface area contributed by atoms with Crippen molar-refractivity contribution in [2.24, 2.45) is 0 Å². The first kappa shape index (κ1) is 13.0. The van der Waals surface area contributed by atoms with Crippen LogP contribution in [0.2, 0.25) is 0 Å². The van der Waals surface area contributed by atoms with E-state index in [-0.39, 0.29) is 18.5 Å². The minimum absolute atomic E-state index is 0.0858. The third-order valence-corrected chi connectivity index (χ3v) is 3.45. The van der Waals surface area contributed by atoms with Gasteiger partial charge in [0.1, 0.15) is 0 Å². The average molecular weight is 252 g/mol. The van der Waals surface area contributed by atoms with Gasteiger partial charge in [-0.05, 0) is 13.3 Å². The molecule has 2 atom stereocenters. The summed E-state index contributed by atoms with van der Waals surface area (Å²) in [6.07, 6.45) is 2.84. The van der Waals surface area contributed by atoms with Crippen LogP contribution in [0.1, 0.15) is 31.7 Å². The summed E-state index contributed by atoms with van der Waals surface area (Å²) >= 11 is 0. The summed E-state index contributed by atoms with van der Waals surface area (Å²) in [5.74, 6) is -0.0858. The lowest BCUT2D eigenvalue weighted by Gasteiger charge is -2.26. The smallest absolute Gasteiger partial charge is 0.237 e. The van der Waals surface area contributed by atoms with Gasteiger partial charge >= 0.3 is 0 Å². The van der Waals surface area contributed by atoms with Gasteiger partial charge in [-0.25, -0.2) is 4.98 Å². The van der Waals surface area contributed by atoms with Crippen molar-refractivity contribution in [3.05, 3.63) is 17.7 Å². The Morgan fingerprint density at radius 2 is 2.50 bits per heavy atom. The number of aromatic amines is 1. The van der Waals surface area contributed by atoms with Crippen LogP contribution in [0.25, 0.3) is 0 Å². The Labute approximate surface area is 106 Å². The van der Waals surface area contributed by atoms with Crippen molar-refractivity contribution in [1.29, 1.82) is 0 Å².